The Morgan fingerprint density at radius 2 is 1.85 bits per heavy atom. The summed E-state index contributed by atoms with van der Waals surface area (Å²) in [5.74, 6) is -2.17. The third-order valence-electron chi connectivity index (χ3n) is 4.63. The van der Waals surface area contributed by atoms with Crippen molar-refractivity contribution in [2.45, 2.75) is 17.4 Å². The van der Waals surface area contributed by atoms with Crippen LogP contribution >= 0.6 is 11.8 Å². The van der Waals surface area contributed by atoms with E-state index in [9.17, 15) is 35.5 Å². The van der Waals surface area contributed by atoms with Gasteiger partial charge in [-0.1, -0.05) is 0 Å². The zero-order valence-corrected chi connectivity index (χ0v) is 17.5. The maximum Gasteiger partial charge on any atom is 0.433 e. The van der Waals surface area contributed by atoms with E-state index in [1.807, 2.05) is 5.32 Å². The number of hydrogen-bond acceptors (Lipinski definition) is 5. The summed E-state index contributed by atoms with van der Waals surface area (Å²) in [6.07, 6.45) is -5.19. The van der Waals surface area contributed by atoms with Crippen LogP contribution in [0.5, 0.6) is 0 Å². The number of nitrogens with one attached hydrogen (secondary N) is 2. The first kappa shape index (κ1) is 23.5. The zero-order valence-electron chi connectivity index (χ0n) is 16.7. The molecular formula is C19H11F7N6OS. The Balaban J connectivity index is 1.83. The van der Waals surface area contributed by atoms with Crippen molar-refractivity contribution < 1.29 is 35.5 Å². The molecule has 0 saturated carbocycles. The van der Waals surface area contributed by atoms with Crippen LogP contribution in [0.2, 0.25) is 0 Å². The monoisotopic (exact) mass is 504 g/mol. The average Bonchev–Trinajstić information content (AvgIpc) is 3.41. The molecule has 2 N–H and O–H groups in total. The molecule has 0 atom stereocenters. The van der Waals surface area contributed by atoms with Crippen molar-refractivity contribution in [3.63, 3.8) is 0 Å². The lowest BCUT2D eigenvalue weighted by Crippen LogP contribution is -2.19. The van der Waals surface area contributed by atoms with Gasteiger partial charge in [0, 0.05) is 12.4 Å². The van der Waals surface area contributed by atoms with Crippen LogP contribution in [-0.4, -0.2) is 36.7 Å². The lowest BCUT2D eigenvalue weighted by atomic mass is 10.1. The number of carbonyl (C=O) groups excluding carboxylic acids is 1. The summed E-state index contributed by atoms with van der Waals surface area (Å²) in [4.78, 5) is 20.3. The number of aromatic amines is 1. The molecule has 0 fully saturated rings. The number of aromatic nitrogens is 5. The standard InChI is InChI=1S/C19H11F7N6OS/c1-34-17-9(18(21,22)23)6-8(7-28-17)29-16(33)12-13(30-31-14(12)19(24,25)26)11-3-2-10(20)15-27-4-5-32(11)15/h2-7H,1H3,(H,29,33)(H,30,31). The number of H-pyrrole nitrogens is 1. The summed E-state index contributed by atoms with van der Waals surface area (Å²) >= 11 is 0.709. The molecule has 4 heterocycles. The number of nitrogens with zero attached hydrogens (tertiary/aromatic N) is 4. The molecule has 4 aromatic heterocycles. The van der Waals surface area contributed by atoms with Crippen LogP contribution in [0.25, 0.3) is 17.0 Å². The van der Waals surface area contributed by atoms with E-state index in [4.69, 9.17) is 0 Å². The summed E-state index contributed by atoms with van der Waals surface area (Å²) in [6.45, 7) is 0. The van der Waals surface area contributed by atoms with Crippen LogP contribution in [0.15, 0.2) is 41.8 Å². The van der Waals surface area contributed by atoms with Crippen molar-refractivity contribution in [2.75, 3.05) is 11.6 Å². The van der Waals surface area contributed by atoms with E-state index in [0.29, 0.717) is 17.8 Å². The zero-order chi connectivity index (χ0) is 24.8. The Labute approximate surface area is 189 Å². The Morgan fingerprint density at radius 3 is 2.50 bits per heavy atom. The van der Waals surface area contributed by atoms with Crippen molar-refractivity contribution in [3.05, 3.63) is 59.4 Å². The molecule has 4 rings (SSSR count). The third-order valence-corrected chi connectivity index (χ3v) is 5.34. The number of alkyl halides is 6. The van der Waals surface area contributed by atoms with E-state index in [0.717, 1.165) is 22.7 Å². The molecule has 4 aromatic rings. The van der Waals surface area contributed by atoms with E-state index >= 15 is 0 Å². The minimum atomic E-state index is -5.07. The Kier molecular flexibility index (Phi) is 5.75. The van der Waals surface area contributed by atoms with E-state index in [-0.39, 0.29) is 16.4 Å². The van der Waals surface area contributed by atoms with Crippen LogP contribution in [0, 0.1) is 5.82 Å². The van der Waals surface area contributed by atoms with Crippen molar-refractivity contribution in [1.29, 1.82) is 0 Å². The third kappa shape index (κ3) is 4.18. The number of pyridine rings is 2. The fourth-order valence-corrected chi connectivity index (χ4v) is 3.76. The molecule has 0 saturated heterocycles. The molecule has 178 valence electrons. The lowest BCUT2D eigenvalue weighted by Gasteiger charge is -2.14. The van der Waals surface area contributed by atoms with Crippen LogP contribution < -0.4 is 5.32 Å². The van der Waals surface area contributed by atoms with Gasteiger partial charge in [0.2, 0.25) is 0 Å². The minimum Gasteiger partial charge on any atom is -0.320 e. The van der Waals surface area contributed by atoms with Gasteiger partial charge >= 0.3 is 12.4 Å². The average molecular weight is 504 g/mol. The maximum absolute atomic E-state index is 14.0. The number of hydrogen-bond donors (Lipinski definition) is 2. The van der Waals surface area contributed by atoms with Gasteiger partial charge in [0.15, 0.2) is 17.2 Å². The molecule has 0 aromatic carbocycles. The second kappa shape index (κ2) is 8.30. The maximum atomic E-state index is 14.0. The molecule has 0 bridgehead atoms. The smallest absolute Gasteiger partial charge is 0.320 e. The summed E-state index contributed by atoms with van der Waals surface area (Å²) in [6, 6.07) is 2.59. The van der Waals surface area contributed by atoms with Crippen LogP contribution in [0.3, 0.4) is 0 Å². The Morgan fingerprint density at radius 1 is 1.12 bits per heavy atom. The van der Waals surface area contributed by atoms with Gasteiger partial charge in [-0.05, 0) is 24.5 Å². The van der Waals surface area contributed by atoms with Gasteiger partial charge in [-0.25, -0.2) is 14.4 Å². The molecule has 0 spiro atoms. The van der Waals surface area contributed by atoms with E-state index in [1.54, 1.807) is 5.10 Å². The number of imidazole rings is 1. The highest BCUT2D eigenvalue weighted by Gasteiger charge is 2.41. The number of thioether (sulfide) groups is 1. The predicted molar refractivity (Wildman–Crippen MR) is 107 cm³/mol. The van der Waals surface area contributed by atoms with Gasteiger partial charge in [0.05, 0.1) is 28.7 Å². The number of carbonyl (C=O) groups is 1. The fourth-order valence-electron chi connectivity index (χ4n) is 3.21. The molecule has 0 unspecified atom stereocenters. The van der Waals surface area contributed by atoms with Gasteiger partial charge in [0.1, 0.15) is 10.7 Å². The highest BCUT2D eigenvalue weighted by molar-refractivity contribution is 7.98. The summed E-state index contributed by atoms with van der Waals surface area (Å²) < 4.78 is 95.9. The molecule has 0 aliphatic heterocycles. The fraction of sp³-hybridized carbons (Fsp3) is 0.158. The van der Waals surface area contributed by atoms with Gasteiger partial charge in [-0.2, -0.15) is 31.4 Å². The molecule has 7 nitrogen and oxygen atoms in total. The van der Waals surface area contributed by atoms with Crippen molar-refractivity contribution in [1.82, 2.24) is 24.6 Å². The molecular weight excluding hydrogens is 493 g/mol. The first-order chi connectivity index (χ1) is 15.9. The number of fused-ring (bicyclic) bond motifs is 1. The van der Waals surface area contributed by atoms with Crippen molar-refractivity contribution >= 4 is 29.0 Å². The SMILES string of the molecule is CSc1ncc(NC(=O)c2c(-c3ccc(F)c4nccn34)n[nH]c2C(F)(F)F)cc1C(F)(F)F. The van der Waals surface area contributed by atoms with E-state index < -0.39 is 52.3 Å². The van der Waals surface area contributed by atoms with Crippen LogP contribution in [0.4, 0.5) is 36.4 Å². The molecule has 0 aliphatic carbocycles. The summed E-state index contributed by atoms with van der Waals surface area (Å²) in [5.41, 5.74) is -5.05. The normalized spacial score (nSPS) is 12.4. The molecule has 15 heteroatoms. The Hall–Kier alpha value is -3.62. The number of anilines is 1. The molecule has 34 heavy (non-hydrogen) atoms. The first-order valence-corrected chi connectivity index (χ1v) is 10.3. The highest BCUT2D eigenvalue weighted by atomic mass is 32.2. The summed E-state index contributed by atoms with van der Waals surface area (Å²) in [7, 11) is 0. The predicted octanol–water partition coefficient (Wildman–Crippen LogP) is 5.27. The van der Waals surface area contributed by atoms with Gasteiger partial charge in [0.25, 0.3) is 5.91 Å². The van der Waals surface area contributed by atoms with Crippen molar-refractivity contribution in [2.24, 2.45) is 0 Å². The van der Waals surface area contributed by atoms with Crippen molar-refractivity contribution in [3.8, 4) is 11.4 Å². The first-order valence-electron chi connectivity index (χ1n) is 9.12. The number of halogens is 7. The number of amides is 1. The van der Waals surface area contributed by atoms with E-state index in [1.165, 1.54) is 18.6 Å². The Bertz CT molecular complexity index is 1390. The quantitative estimate of drug-likeness (QED) is 0.292. The van der Waals surface area contributed by atoms with E-state index in [2.05, 4.69) is 15.1 Å². The molecule has 0 aliphatic rings. The van der Waals surface area contributed by atoms with Crippen LogP contribution in [-0.2, 0) is 12.4 Å². The van der Waals surface area contributed by atoms with Crippen LogP contribution in [0.1, 0.15) is 21.6 Å². The van der Waals surface area contributed by atoms with Gasteiger partial charge in [-0.3, -0.25) is 14.3 Å². The van der Waals surface area contributed by atoms with Gasteiger partial charge < -0.3 is 5.32 Å². The second-order valence-electron chi connectivity index (χ2n) is 6.74. The second-order valence-corrected chi connectivity index (χ2v) is 7.53. The molecule has 1 amide bonds. The topological polar surface area (TPSA) is 88.0 Å². The molecule has 0 radical (unpaired) electrons. The lowest BCUT2D eigenvalue weighted by molar-refractivity contribution is -0.141. The minimum absolute atomic E-state index is 0.113. The number of rotatable bonds is 4. The largest absolute Gasteiger partial charge is 0.433 e. The van der Waals surface area contributed by atoms with Gasteiger partial charge in [-0.15, -0.1) is 11.8 Å². The summed E-state index contributed by atoms with van der Waals surface area (Å²) in [5, 5.41) is 6.96. The highest BCUT2D eigenvalue weighted by Crippen LogP contribution is 2.38.